The van der Waals surface area contributed by atoms with Gasteiger partial charge in [0, 0.05) is 5.39 Å². The van der Waals surface area contributed by atoms with E-state index in [1.807, 2.05) is 0 Å². The first kappa shape index (κ1) is 15.5. The highest BCUT2D eigenvalue weighted by Crippen LogP contribution is 2.36. The molecule has 124 valence electrons. The second-order valence-corrected chi connectivity index (χ2v) is 6.99. The van der Waals surface area contributed by atoms with Crippen LogP contribution in [0.15, 0.2) is 65.6 Å². The maximum Gasteiger partial charge on any atom is 0.295 e. The summed E-state index contributed by atoms with van der Waals surface area (Å²) in [5, 5.41) is 0.617. The van der Waals surface area contributed by atoms with Gasteiger partial charge < -0.3 is 0 Å². The molecule has 1 N–H and O–H groups in total. The zero-order valence-electron chi connectivity index (χ0n) is 12.7. The number of anilines is 1. The Bertz CT molecular complexity index is 1130. The summed E-state index contributed by atoms with van der Waals surface area (Å²) in [5.41, 5.74) is 0.639. The smallest absolute Gasteiger partial charge is 0.282 e. The highest BCUT2D eigenvalue weighted by Gasteiger charge is 2.37. The zero-order chi connectivity index (χ0) is 17.8. The van der Waals surface area contributed by atoms with Crippen molar-refractivity contribution < 1.29 is 22.6 Å². The van der Waals surface area contributed by atoms with Gasteiger partial charge in [-0.15, -0.1) is 0 Å². The first-order valence-corrected chi connectivity index (χ1v) is 8.80. The molecule has 0 aliphatic carbocycles. The predicted molar refractivity (Wildman–Crippen MR) is 91.3 cm³/mol. The van der Waals surface area contributed by atoms with Crippen molar-refractivity contribution in [2.45, 2.75) is 4.90 Å². The van der Waals surface area contributed by atoms with Crippen molar-refractivity contribution in [3.05, 3.63) is 71.8 Å². The Labute approximate surface area is 143 Å². The molecule has 1 aliphatic heterocycles. The van der Waals surface area contributed by atoms with Gasteiger partial charge in [-0.1, -0.05) is 36.4 Å². The van der Waals surface area contributed by atoms with Gasteiger partial charge in [0.1, 0.15) is 4.90 Å². The van der Waals surface area contributed by atoms with E-state index in [0.717, 1.165) is 4.90 Å². The summed E-state index contributed by atoms with van der Waals surface area (Å²) in [5.74, 6) is -1.06. The first-order valence-electron chi connectivity index (χ1n) is 7.36. The lowest BCUT2D eigenvalue weighted by Crippen LogP contribution is -2.29. The number of hydrogen-bond acceptors (Lipinski definition) is 4. The van der Waals surface area contributed by atoms with Crippen LogP contribution in [0.2, 0.25) is 0 Å². The number of rotatable bonds is 2. The number of amides is 2. The van der Waals surface area contributed by atoms with Gasteiger partial charge in [0.2, 0.25) is 0 Å². The molecule has 0 radical (unpaired) electrons. The van der Waals surface area contributed by atoms with Crippen LogP contribution in [0.25, 0.3) is 10.8 Å². The summed E-state index contributed by atoms with van der Waals surface area (Å²) in [7, 11) is -4.53. The molecule has 0 saturated carbocycles. The Morgan fingerprint density at radius 2 is 1.32 bits per heavy atom. The van der Waals surface area contributed by atoms with E-state index >= 15 is 0 Å². The van der Waals surface area contributed by atoms with Gasteiger partial charge in [-0.25, -0.2) is 4.90 Å². The molecule has 1 aliphatic rings. The third-order valence-electron chi connectivity index (χ3n) is 4.16. The van der Waals surface area contributed by atoms with E-state index in [2.05, 4.69) is 0 Å². The van der Waals surface area contributed by atoms with Crippen molar-refractivity contribution in [1.82, 2.24) is 0 Å². The largest absolute Gasteiger partial charge is 0.295 e. The van der Waals surface area contributed by atoms with E-state index in [0.29, 0.717) is 5.39 Å². The van der Waals surface area contributed by atoms with Crippen LogP contribution in [0.4, 0.5) is 5.69 Å². The third-order valence-corrected chi connectivity index (χ3v) is 5.05. The molecule has 25 heavy (non-hydrogen) atoms. The highest BCUT2D eigenvalue weighted by molar-refractivity contribution is 7.86. The lowest BCUT2D eigenvalue weighted by Gasteiger charge is -2.18. The lowest BCUT2D eigenvalue weighted by molar-refractivity contribution is 0.0926. The molecule has 3 aromatic carbocycles. The molecule has 3 aromatic rings. The van der Waals surface area contributed by atoms with Crippen molar-refractivity contribution in [3.63, 3.8) is 0 Å². The van der Waals surface area contributed by atoms with E-state index < -0.39 is 21.9 Å². The molecule has 0 unspecified atom stereocenters. The Hall–Kier alpha value is -3.03. The normalized spacial score (nSPS) is 14.2. The number of imide groups is 1. The molecule has 0 saturated heterocycles. The van der Waals surface area contributed by atoms with Crippen LogP contribution < -0.4 is 4.90 Å². The third kappa shape index (κ3) is 2.25. The molecular weight excluding hydrogens is 342 g/mol. The van der Waals surface area contributed by atoms with E-state index in [-0.39, 0.29) is 27.1 Å². The van der Waals surface area contributed by atoms with Crippen LogP contribution >= 0.6 is 0 Å². The fourth-order valence-electron chi connectivity index (χ4n) is 3.10. The Balaban J connectivity index is 2.04. The van der Waals surface area contributed by atoms with E-state index in [1.165, 1.54) is 18.2 Å². The van der Waals surface area contributed by atoms with E-state index in [1.54, 1.807) is 42.5 Å². The molecule has 0 atom stereocenters. The van der Waals surface area contributed by atoms with Gasteiger partial charge in [0.25, 0.3) is 21.9 Å². The molecule has 0 aromatic heterocycles. The number of fused-ring (bicyclic) bond motifs is 2. The minimum atomic E-state index is -4.53. The van der Waals surface area contributed by atoms with Crippen molar-refractivity contribution in [2.24, 2.45) is 0 Å². The van der Waals surface area contributed by atoms with Gasteiger partial charge in [0.15, 0.2) is 0 Å². The number of hydrogen-bond donors (Lipinski definition) is 1. The summed E-state index contributed by atoms with van der Waals surface area (Å²) in [4.78, 5) is 26.0. The van der Waals surface area contributed by atoms with Crippen LogP contribution in [-0.2, 0) is 10.1 Å². The average Bonchev–Trinajstić information content (AvgIpc) is 2.84. The fraction of sp³-hybridized carbons (Fsp3) is 0. The van der Waals surface area contributed by atoms with Gasteiger partial charge in [-0.05, 0) is 29.7 Å². The second kappa shape index (κ2) is 5.23. The SMILES string of the molecule is O=C1c2ccccc2C(=O)N1c1cccc2cccc(S(=O)(=O)O)c12. The summed E-state index contributed by atoms with van der Waals surface area (Å²) in [6.07, 6.45) is 0. The fourth-order valence-corrected chi connectivity index (χ4v) is 3.83. The van der Waals surface area contributed by atoms with Gasteiger partial charge in [-0.3, -0.25) is 14.1 Å². The van der Waals surface area contributed by atoms with Crippen LogP contribution in [0.5, 0.6) is 0 Å². The topological polar surface area (TPSA) is 91.8 Å². The van der Waals surface area contributed by atoms with Crippen LogP contribution in [0.3, 0.4) is 0 Å². The molecule has 7 heteroatoms. The van der Waals surface area contributed by atoms with Crippen LogP contribution in [-0.4, -0.2) is 24.8 Å². The highest BCUT2D eigenvalue weighted by atomic mass is 32.2. The van der Waals surface area contributed by atoms with Crippen molar-refractivity contribution in [1.29, 1.82) is 0 Å². The van der Waals surface area contributed by atoms with Gasteiger partial charge in [0.05, 0.1) is 16.8 Å². The summed E-state index contributed by atoms with van der Waals surface area (Å²) < 4.78 is 33.1. The molecule has 2 amide bonds. The van der Waals surface area contributed by atoms with Gasteiger partial charge >= 0.3 is 0 Å². The van der Waals surface area contributed by atoms with Crippen LogP contribution in [0.1, 0.15) is 20.7 Å². The quantitative estimate of drug-likeness (QED) is 0.565. The summed E-state index contributed by atoms with van der Waals surface area (Å²) >= 11 is 0. The number of carbonyl (C=O) groups is 2. The number of nitrogens with zero attached hydrogens (tertiary/aromatic N) is 1. The van der Waals surface area contributed by atoms with Crippen molar-refractivity contribution in [3.8, 4) is 0 Å². The van der Waals surface area contributed by atoms with Gasteiger partial charge in [-0.2, -0.15) is 8.42 Å². The summed E-state index contributed by atoms with van der Waals surface area (Å²) in [6, 6.07) is 15.5. The second-order valence-electron chi connectivity index (χ2n) is 5.60. The molecule has 1 heterocycles. The minimum absolute atomic E-state index is 0.122. The molecule has 0 bridgehead atoms. The van der Waals surface area contributed by atoms with Crippen molar-refractivity contribution in [2.75, 3.05) is 4.90 Å². The van der Waals surface area contributed by atoms with Crippen molar-refractivity contribution >= 4 is 38.4 Å². The van der Waals surface area contributed by atoms with Crippen LogP contribution in [0, 0.1) is 0 Å². The molecule has 0 fully saturated rings. The lowest BCUT2D eigenvalue weighted by atomic mass is 10.1. The standard InChI is InChI=1S/C18H11NO5S/c20-17-12-7-1-2-8-13(12)18(21)19(17)14-9-3-5-11-6-4-10-15(16(11)14)25(22,23)24/h1-10H,(H,22,23,24). The molecule has 6 nitrogen and oxygen atoms in total. The Morgan fingerprint density at radius 3 is 1.88 bits per heavy atom. The number of benzene rings is 3. The minimum Gasteiger partial charge on any atom is -0.282 e. The Kier molecular flexibility index (Phi) is 3.24. The molecule has 4 rings (SSSR count). The molecule has 0 spiro atoms. The van der Waals surface area contributed by atoms with E-state index in [4.69, 9.17) is 0 Å². The maximum absolute atomic E-state index is 12.7. The van der Waals surface area contributed by atoms with E-state index in [9.17, 15) is 22.6 Å². The Morgan fingerprint density at radius 1 is 0.760 bits per heavy atom. The zero-order valence-corrected chi connectivity index (χ0v) is 13.5. The molecular formula is C18H11NO5S. The summed E-state index contributed by atoms with van der Waals surface area (Å²) in [6.45, 7) is 0. The predicted octanol–water partition coefficient (Wildman–Crippen LogP) is 2.89. The average molecular weight is 353 g/mol. The maximum atomic E-state index is 12.7. The first-order chi connectivity index (χ1) is 11.9. The number of carbonyl (C=O) groups excluding carboxylic acids is 2. The monoisotopic (exact) mass is 353 g/mol.